The quantitative estimate of drug-likeness (QED) is 0.499. The second-order valence-electron chi connectivity index (χ2n) is 5.06. The van der Waals surface area contributed by atoms with Crippen LogP contribution in [0.3, 0.4) is 0 Å². The molecule has 0 fully saturated rings. The van der Waals surface area contributed by atoms with Crippen LogP contribution in [0, 0.1) is 0 Å². The number of thioether (sulfide) groups is 1. The second-order valence-corrected chi connectivity index (χ2v) is 6.14. The number of nitrogens with zero attached hydrogens (tertiary/aromatic N) is 3. The van der Waals surface area contributed by atoms with Gasteiger partial charge in [-0.3, -0.25) is 0 Å². The van der Waals surface area contributed by atoms with E-state index >= 15 is 0 Å². The van der Waals surface area contributed by atoms with Crippen LogP contribution in [0.2, 0.25) is 0 Å². The maximum Gasteiger partial charge on any atom is 0.133 e. The molecule has 0 atom stereocenters. The summed E-state index contributed by atoms with van der Waals surface area (Å²) in [5.41, 5.74) is 1.29. The van der Waals surface area contributed by atoms with Gasteiger partial charge in [-0.15, -0.1) is 11.8 Å². The molecule has 120 valence electrons. The lowest BCUT2D eigenvalue weighted by atomic mass is 10.2. The van der Waals surface area contributed by atoms with Crippen molar-refractivity contribution in [3.8, 4) is 0 Å². The number of rotatable bonds is 11. The van der Waals surface area contributed by atoms with Crippen LogP contribution in [0.5, 0.6) is 0 Å². The molecular weight excluding hydrogens is 280 g/mol. The van der Waals surface area contributed by atoms with Gasteiger partial charge in [-0.05, 0) is 25.9 Å². The van der Waals surface area contributed by atoms with E-state index in [1.165, 1.54) is 5.56 Å². The van der Waals surface area contributed by atoms with Gasteiger partial charge in [0, 0.05) is 24.4 Å². The first kappa shape index (κ1) is 18.2. The molecule has 1 heterocycles. The maximum absolute atomic E-state index is 4.51. The summed E-state index contributed by atoms with van der Waals surface area (Å²) in [6.45, 7) is 13.1. The lowest BCUT2D eigenvalue weighted by molar-refractivity contribution is 0.324. The van der Waals surface area contributed by atoms with Crippen molar-refractivity contribution in [1.29, 1.82) is 0 Å². The van der Waals surface area contributed by atoms with E-state index in [2.05, 4.69) is 47.9 Å². The Hall–Kier alpha value is -0.810. The highest BCUT2D eigenvalue weighted by atomic mass is 32.2. The van der Waals surface area contributed by atoms with Gasteiger partial charge in [0.25, 0.3) is 0 Å². The molecule has 1 aromatic rings. The van der Waals surface area contributed by atoms with Crippen molar-refractivity contribution in [3.63, 3.8) is 0 Å². The van der Waals surface area contributed by atoms with Crippen LogP contribution in [0.1, 0.15) is 46.1 Å². The molecule has 0 saturated heterocycles. The van der Waals surface area contributed by atoms with E-state index in [9.17, 15) is 0 Å². The van der Waals surface area contributed by atoms with E-state index < -0.39 is 0 Å². The standard InChI is InChI=1S/C16H30N4S/c1-5-9-14-15(17-10-6-2)18-13-19-16(14)21-12-11-20(7-3)8-4/h13H,5-12H2,1-4H3,(H,17,18,19). The second kappa shape index (κ2) is 10.9. The Kier molecular flexibility index (Phi) is 9.42. The fraction of sp³-hybridized carbons (Fsp3) is 0.750. The third-order valence-corrected chi connectivity index (χ3v) is 4.50. The van der Waals surface area contributed by atoms with Gasteiger partial charge in [-0.1, -0.05) is 34.1 Å². The van der Waals surface area contributed by atoms with Crippen LogP contribution in [0.15, 0.2) is 11.4 Å². The first-order valence-electron chi connectivity index (χ1n) is 8.19. The summed E-state index contributed by atoms with van der Waals surface area (Å²) in [4.78, 5) is 11.4. The molecule has 1 rings (SSSR count). The minimum atomic E-state index is 0.970. The number of anilines is 1. The lowest BCUT2D eigenvalue weighted by Gasteiger charge is -2.18. The molecule has 4 nitrogen and oxygen atoms in total. The van der Waals surface area contributed by atoms with Gasteiger partial charge in [0.15, 0.2) is 0 Å². The molecule has 0 bridgehead atoms. The Balaban J connectivity index is 2.70. The van der Waals surface area contributed by atoms with Crippen molar-refractivity contribution in [1.82, 2.24) is 14.9 Å². The predicted molar refractivity (Wildman–Crippen MR) is 93.3 cm³/mol. The van der Waals surface area contributed by atoms with Crippen molar-refractivity contribution in [2.75, 3.05) is 37.2 Å². The predicted octanol–water partition coefficient (Wildman–Crippen LogP) is 3.68. The summed E-state index contributed by atoms with van der Waals surface area (Å²) < 4.78 is 0. The summed E-state index contributed by atoms with van der Waals surface area (Å²) in [6, 6.07) is 0. The smallest absolute Gasteiger partial charge is 0.133 e. The van der Waals surface area contributed by atoms with E-state index in [0.717, 1.165) is 62.0 Å². The van der Waals surface area contributed by atoms with Gasteiger partial charge in [-0.2, -0.15) is 0 Å². The zero-order chi connectivity index (χ0) is 15.5. The summed E-state index contributed by atoms with van der Waals surface area (Å²) in [7, 11) is 0. The minimum Gasteiger partial charge on any atom is -0.370 e. The van der Waals surface area contributed by atoms with Gasteiger partial charge in [0.1, 0.15) is 17.2 Å². The Bertz CT molecular complexity index is 394. The Morgan fingerprint density at radius 1 is 1.10 bits per heavy atom. The number of hydrogen-bond donors (Lipinski definition) is 1. The van der Waals surface area contributed by atoms with Gasteiger partial charge in [0.2, 0.25) is 0 Å². The van der Waals surface area contributed by atoms with Gasteiger partial charge in [-0.25, -0.2) is 9.97 Å². The van der Waals surface area contributed by atoms with Gasteiger partial charge < -0.3 is 10.2 Å². The highest BCUT2D eigenvalue weighted by Crippen LogP contribution is 2.26. The largest absolute Gasteiger partial charge is 0.370 e. The maximum atomic E-state index is 4.51. The molecule has 1 aromatic heterocycles. The SMILES string of the molecule is CCCNc1ncnc(SCCN(CC)CC)c1CCC. The van der Waals surface area contributed by atoms with Crippen LogP contribution < -0.4 is 5.32 Å². The summed E-state index contributed by atoms with van der Waals surface area (Å²) in [5.74, 6) is 2.11. The minimum absolute atomic E-state index is 0.970. The molecule has 0 unspecified atom stereocenters. The molecular formula is C16H30N4S. The third kappa shape index (κ3) is 6.22. The van der Waals surface area contributed by atoms with Crippen molar-refractivity contribution in [2.45, 2.75) is 52.0 Å². The summed E-state index contributed by atoms with van der Waals surface area (Å²) >= 11 is 1.86. The highest BCUT2D eigenvalue weighted by Gasteiger charge is 2.11. The van der Waals surface area contributed by atoms with Crippen LogP contribution >= 0.6 is 11.8 Å². The Labute approximate surface area is 134 Å². The third-order valence-electron chi connectivity index (χ3n) is 3.49. The van der Waals surface area contributed by atoms with Crippen LogP contribution in [0.25, 0.3) is 0 Å². The van der Waals surface area contributed by atoms with Crippen LogP contribution in [-0.4, -0.2) is 46.8 Å². The van der Waals surface area contributed by atoms with E-state index in [4.69, 9.17) is 0 Å². The zero-order valence-electron chi connectivity index (χ0n) is 14.0. The van der Waals surface area contributed by atoms with Gasteiger partial charge in [0.05, 0.1) is 0 Å². The van der Waals surface area contributed by atoms with Gasteiger partial charge >= 0.3 is 0 Å². The average molecular weight is 311 g/mol. The highest BCUT2D eigenvalue weighted by molar-refractivity contribution is 7.99. The molecule has 0 aromatic carbocycles. The van der Waals surface area contributed by atoms with Crippen LogP contribution in [0.4, 0.5) is 5.82 Å². The van der Waals surface area contributed by atoms with E-state index in [1.807, 2.05) is 11.8 Å². The topological polar surface area (TPSA) is 41.1 Å². The molecule has 0 spiro atoms. The average Bonchev–Trinajstić information content (AvgIpc) is 2.51. The summed E-state index contributed by atoms with van der Waals surface area (Å²) in [5, 5.41) is 4.59. The molecule has 0 aliphatic heterocycles. The fourth-order valence-electron chi connectivity index (χ4n) is 2.20. The summed E-state index contributed by atoms with van der Waals surface area (Å²) in [6.07, 6.45) is 4.97. The molecule has 0 aliphatic rings. The fourth-order valence-corrected chi connectivity index (χ4v) is 3.24. The van der Waals surface area contributed by atoms with Crippen molar-refractivity contribution in [3.05, 3.63) is 11.9 Å². The molecule has 5 heteroatoms. The first-order chi connectivity index (χ1) is 10.3. The van der Waals surface area contributed by atoms with E-state index in [0.29, 0.717) is 0 Å². The monoisotopic (exact) mass is 310 g/mol. The van der Waals surface area contributed by atoms with Crippen molar-refractivity contribution >= 4 is 17.6 Å². The first-order valence-corrected chi connectivity index (χ1v) is 9.18. The molecule has 1 N–H and O–H groups in total. The molecule has 0 amide bonds. The lowest BCUT2D eigenvalue weighted by Crippen LogP contribution is -2.25. The number of aromatic nitrogens is 2. The Morgan fingerprint density at radius 2 is 1.86 bits per heavy atom. The zero-order valence-corrected chi connectivity index (χ0v) is 14.8. The molecule has 0 radical (unpaired) electrons. The van der Waals surface area contributed by atoms with Crippen molar-refractivity contribution in [2.24, 2.45) is 0 Å². The van der Waals surface area contributed by atoms with Crippen molar-refractivity contribution < 1.29 is 0 Å². The van der Waals surface area contributed by atoms with Crippen LogP contribution in [-0.2, 0) is 6.42 Å². The molecule has 21 heavy (non-hydrogen) atoms. The number of hydrogen-bond acceptors (Lipinski definition) is 5. The normalized spacial score (nSPS) is 11.1. The molecule has 0 aliphatic carbocycles. The molecule has 0 saturated carbocycles. The number of nitrogens with one attached hydrogen (secondary N) is 1. The van der Waals surface area contributed by atoms with E-state index in [1.54, 1.807) is 6.33 Å². The van der Waals surface area contributed by atoms with E-state index in [-0.39, 0.29) is 0 Å². The Morgan fingerprint density at radius 3 is 2.48 bits per heavy atom.